The highest BCUT2D eigenvalue weighted by atomic mass is 32.1. The number of aromatic nitrogens is 2. The summed E-state index contributed by atoms with van der Waals surface area (Å²) in [4.78, 5) is 24.9. The quantitative estimate of drug-likeness (QED) is 0.669. The third kappa shape index (κ3) is 3.05. The number of rotatable bonds is 4. The van der Waals surface area contributed by atoms with Crippen LogP contribution in [0.15, 0.2) is 22.3 Å². The first-order chi connectivity index (χ1) is 13.6. The first kappa shape index (κ1) is 17.9. The first-order valence-electron chi connectivity index (χ1n) is 9.00. The molecule has 3 aliphatic rings. The number of anilines is 2. The summed E-state index contributed by atoms with van der Waals surface area (Å²) in [5, 5.41) is 10.7. The molecule has 1 amide bonds. The zero-order valence-corrected chi connectivity index (χ0v) is 16.3. The maximum Gasteiger partial charge on any atom is 0.266 e. The van der Waals surface area contributed by atoms with Gasteiger partial charge in [0.2, 0.25) is 0 Å². The van der Waals surface area contributed by atoms with Crippen molar-refractivity contribution in [1.82, 2.24) is 15.3 Å². The molecular weight excluding hydrogens is 404 g/mol. The van der Waals surface area contributed by atoms with Gasteiger partial charge in [0, 0.05) is 41.3 Å². The Kier molecular flexibility index (Phi) is 4.48. The molecule has 2 N–H and O–H groups in total. The van der Waals surface area contributed by atoms with Crippen LogP contribution in [0.5, 0.6) is 0 Å². The summed E-state index contributed by atoms with van der Waals surface area (Å²) in [5.41, 5.74) is 0.860. The van der Waals surface area contributed by atoms with Gasteiger partial charge in [-0.2, -0.15) is 0 Å². The van der Waals surface area contributed by atoms with E-state index in [0.29, 0.717) is 28.0 Å². The van der Waals surface area contributed by atoms with Gasteiger partial charge < -0.3 is 15.5 Å². The molecule has 6 heterocycles. The minimum absolute atomic E-state index is 0.146. The van der Waals surface area contributed by atoms with E-state index in [1.165, 1.54) is 22.1 Å². The lowest BCUT2D eigenvalue weighted by molar-refractivity contribution is 0.102. The molecule has 6 rings (SSSR count). The highest BCUT2D eigenvalue weighted by molar-refractivity contribution is 7.17. The van der Waals surface area contributed by atoms with Crippen molar-refractivity contribution in [1.29, 1.82) is 0 Å². The molecule has 10 heteroatoms. The smallest absolute Gasteiger partial charge is 0.266 e. The number of hydrogen-bond donors (Lipinski definition) is 2. The average Bonchev–Trinajstić information content (AvgIpc) is 3.35. The number of nitrogens with one attached hydrogen (secondary N) is 2. The number of thiophene rings is 2. The van der Waals surface area contributed by atoms with Gasteiger partial charge in [0.15, 0.2) is 0 Å². The molecule has 0 aliphatic carbocycles. The van der Waals surface area contributed by atoms with E-state index in [2.05, 4.69) is 20.5 Å². The Hall–Kier alpha value is -2.17. The van der Waals surface area contributed by atoms with Crippen molar-refractivity contribution in [2.24, 2.45) is 0 Å². The van der Waals surface area contributed by atoms with Crippen molar-refractivity contribution in [3.8, 4) is 0 Å². The van der Waals surface area contributed by atoms with Crippen LogP contribution in [0, 0.1) is 0 Å². The monoisotopic (exact) mass is 421 g/mol. The molecule has 3 saturated heterocycles. The molecule has 0 spiro atoms. The van der Waals surface area contributed by atoms with Gasteiger partial charge in [-0.05, 0) is 12.8 Å². The topological polar surface area (TPSA) is 70.2 Å². The average molecular weight is 421 g/mol. The molecule has 28 heavy (non-hydrogen) atoms. The summed E-state index contributed by atoms with van der Waals surface area (Å²) in [6.07, 6.45) is 1.41. The van der Waals surface area contributed by atoms with E-state index in [0.717, 1.165) is 43.1 Å². The molecule has 0 unspecified atom stereocenters. The Labute approximate surface area is 167 Å². The number of nitrogens with zero attached hydrogens (tertiary/aromatic N) is 3. The van der Waals surface area contributed by atoms with Crippen LogP contribution < -0.4 is 15.5 Å². The van der Waals surface area contributed by atoms with Crippen LogP contribution in [0.25, 0.3) is 10.3 Å². The fraction of sp³-hybridized carbons (Fsp3) is 0.389. The van der Waals surface area contributed by atoms with Gasteiger partial charge in [-0.3, -0.25) is 4.79 Å². The number of alkyl halides is 2. The largest absolute Gasteiger partial charge is 0.349 e. The van der Waals surface area contributed by atoms with Crippen molar-refractivity contribution < 1.29 is 13.6 Å². The lowest BCUT2D eigenvalue weighted by Crippen LogP contribution is -2.61. The van der Waals surface area contributed by atoms with Gasteiger partial charge in [0.1, 0.15) is 16.2 Å². The molecule has 2 atom stereocenters. The second-order valence-electron chi connectivity index (χ2n) is 7.02. The summed E-state index contributed by atoms with van der Waals surface area (Å²) in [5.74, 6) is 0.319. The highest BCUT2D eigenvalue weighted by Gasteiger charge is 2.34. The summed E-state index contributed by atoms with van der Waals surface area (Å²) in [6.45, 7) is 1.80. The van der Waals surface area contributed by atoms with Crippen molar-refractivity contribution in [2.75, 3.05) is 23.3 Å². The Morgan fingerprint density at radius 3 is 2.93 bits per heavy atom. The summed E-state index contributed by atoms with van der Waals surface area (Å²) in [7, 11) is 0. The van der Waals surface area contributed by atoms with E-state index in [9.17, 15) is 13.6 Å². The number of hydrogen-bond acceptors (Lipinski definition) is 7. The molecule has 3 aromatic rings. The van der Waals surface area contributed by atoms with E-state index < -0.39 is 12.3 Å². The molecule has 3 aromatic heterocycles. The summed E-state index contributed by atoms with van der Waals surface area (Å²) < 4.78 is 26.1. The Morgan fingerprint density at radius 1 is 1.32 bits per heavy atom. The zero-order valence-electron chi connectivity index (χ0n) is 14.7. The van der Waals surface area contributed by atoms with Crippen molar-refractivity contribution in [2.45, 2.75) is 31.4 Å². The molecule has 0 aromatic carbocycles. The Bertz CT molecular complexity index is 1030. The van der Waals surface area contributed by atoms with Crippen LogP contribution >= 0.6 is 22.7 Å². The number of carbonyl (C=O) groups excluding carboxylic acids is 1. The SMILES string of the molecule is O=C(Nc1cscc1C(F)F)c1csc2ncc(N3C[C@@H]4CC[C@@H]3CN4)nc12. The molecule has 0 saturated carbocycles. The van der Waals surface area contributed by atoms with E-state index in [4.69, 9.17) is 4.98 Å². The number of carbonyl (C=O) groups is 1. The van der Waals surface area contributed by atoms with E-state index in [-0.39, 0.29) is 11.3 Å². The van der Waals surface area contributed by atoms with Gasteiger partial charge in [0.25, 0.3) is 12.3 Å². The van der Waals surface area contributed by atoms with Crippen molar-refractivity contribution in [3.05, 3.63) is 33.5 Å². The minimum Gasteiger partial charge on any atom is -0.349 e. The number of fused-ring (bicyclic) bond motifs is 4. The number of piperazine rings is 1. The third-order valence-corrected chi connectivity index (χ3v) is 6.97. The molecule has 3 aliphatic heterocycles. The van der Waals surface area contributed by atoms with E-state index in [1.54, 1.807) is 11.6 Å². The van der Waals surface area contributed by atoms with Crippen molar-refractivity contribution >= 4 is 50.4 Å². The normalized spacial score (nSPS) is 21.6. The maximum atomic E-state index is 13.1. The van der Waals surface area contributed by atoms with Gasteiger partial charge in [0.05, 0.1) is 23.0 Å². The van der Waals surface area contributed by atoms with E-state index in [1.807, 2.05) is 0 Å². The second-order valence-corrected chi connectivity index (χ2v) is 8.62. The van der Waals surface area contributed by atoms with E-state index >= 15 is 0 Å². The lowest BCUT2D eigenvalue weighted by atomic mass is 9.93. The standard InChI is InChI=1S/C18H17F2N5OS2/c19-16(20)11-6-27-8-13(11)23-17(26)12-7-28-18-15(12)24-14(4-22-18)25-5-9-1-2-10(25)3-21-9/h4,6-10,16,21H,1-3,5H2,(H,23,26)/t9-,10+/m0/s1. The van der Waals surface area contributed by atoms with Crippen molar-refractivity contribution in [3.63, 3.8) is 0 Å². The number of halogens is 2. The Balaban J connectivity index is 1.45. The van der Waals surface area contributed by atoms with Gasteiger partial charge >= 0.3 is 0 Å². The summed E-state index contributed by atoms with van der Waals surface area (Å²) in [6, 6.07) is 0.839. The molecular formula is C18H17F2N5OS2. The molecule has 6 nitrogen and oxygen atoms in total. The van der Waals surface area contributed by atoms with Crippen LogP contribution in [0.1, 0.15) is 35.2 Å². The lowest BCUT2D eigenvalue weighted by Gasteiger charge is -2.46. The van der Waals surface area contributed by atoms with Gasteiger partial charge in [-0.15, -0.1) is 22.7 Å². The predicted octanol–water partition coefficient (Wildman–Crippen LogP) is 3.88. The number of piperidine rings is 2. The van der Waals surface area contributed by atoms with Crippen LogP contribution in [-0.4, -0.2) is 41.0 Å². The van der Waals surface area contributed by atoms with Crippen LogP contribution in [0.2, 0.25) is 0 Å². The zero-order chi connectivity index (χ0) is 19.3. The van der Waals surface area contributed by atoms with Gasteiger partial charge in [-0.1, -0.05) is 0 Å². The maximum absolute atomic E-state index is 13.1. The van der Waals surface area contributed by atoms with Crippen LogP contribution in [0.4, 0.5) is 20.3 Å². The van der Waals surface area contributed by atoms with Crippen LogP contribution in [-0.2, 0) is 0 Å². The second kappa shape index (κ2) is 7.02. The first-order valence-corrected chi connectivity index (χ1v) is 10.8. The minimum atomic E-state index is -2.63. The van der Waals surface area contributed by atoms with Crippen LogP contribution in [0.3, 0.4) is 0 Å². The Morgan fingerprint density at radius 2 is 2.21 bits per heavy atom. The predicted molar refractivity (Wildman–Crippen MR) is 107 cm³/mol. The molecule has 3 fully saturated rings. The molecule has 2 bridgehead atoms. The number of amides is 1. The fourth-order valence-corrected chi connectivity index (χ4v) is 5.46. The fourth-order valence-electron chi connectivity index (χ4n) is 3.86. The third-order valence-electron chi connectivity index (χ3n) is 5.33. The van der Waals surface area contributed by atoms with Gasteiger partial charge in [-0.25, -0.2) is 18.7 Å². The highest BCUT2D eigenvalue weighted by Crippen LogP contribution is 2.33. The summed E-state index contributed by atoms with van der Waals surface area (Å²) >= 11 is 2.46. The molecule has 146 valence electrons. The molecule has 0 radical (unpaired) electrons.